The van der Waals surface area contributed by atoms with Gasteiger partial charge in [0.25, 0.3) is 0 Å². The normalized spacial score (nSPS) is 28.1. The number of rotatable bonds is 3. The van der Waals surface area contributed by atoms with Gasteiger partial charge >= 0.3 is 0 Å². The molecule has 0 bridgehead atoms. The number of hydrogen-bond donors (Lipinski definition) is 2. The highest BCUT2D eigenvalue weighted by Crippen LogP contribution is 2.33. The van der Waals surface area contributed by atoms with E-state index in [-0.39, 0.29) is 16.9 Å². The third-order valence-corrected chi connectivity index (χ3v) is 3.60. The summed E-state index contributed by atoms with van der Waals surface area (Å²) in [4.78, 5) is 14.0. The van der Waals surface area contributed by atoms with E-state index in [1.807, 2.05) is 6.92 Å². The van der Waals surface area contributed by atoms with Gasteiger partial charge in [-0.1, -0.05) is 0 Å². The molecule has 3 N–H and O–H groups in total. The van der Waals surface area contributed by atoms with Gasteiger partial charge in [-0.2, -0.15) is 0 Å². The lowest BCUT2D eigenvalue weighted by Crippen LogP contribution is -2.50. The molecule has 0 aromatic carbocycles. The molecule has 0 saturated carbocycles. The number of carbonyl (C=O) groups is 1. The van der Waals surface area contributed by atoms with Crippen LogP contribution in [0.5, 0.6) is 0 Å². The van der Waals surface area contributed by atoms with Crippen LogP contribution < -0.4 is 11.1 Å². The third kappa shape index (κ3) is 2.32. The number of likely N-dealkylation sites (tertiary alicyclic amines) is 1. The largest absolute Gasteiger partial charge is 0.359 e. The smallest absolute Gasteiger partial charge is 0.227 e. The summed E-state index contributed by atoms with van der Waals surface area (Å²) < 4.78 is 0. The van der Waals surface area contributed by atoms with Gasteiger partial charge in [0.05, 0.1) is 5.41 Å². The highest BCUT2D eigenvalue weighted by molar-refractivity contribution is 5.82. The van der Waals surface area contributed by atoms with Crippen molar-refractivity contribution in [2.45, 2.75) is 32.7 Å². The van der Waals surface area contributed by atoms with Crippen molar-refractivity contribution in [1.29, 1.82) is 0 Å². The average Bonchev–Trinajstić information content (AvgIpc) is 2.61. The van der Waals surface area contributed by atoms with Crippen molar-refractivity contribution in [1.82, 2.24) is 10.2 Å². The van der Waals surface area contributed by atoms with Gasteiger partial charge in [-0.15, -0.1) is 0 Å². The highest BCUT2D eigenvalue weighted by atomic mass is 16.2. The molecule has 0 aliphatic carbocycles. The summed E-state index contributed by atoms with van der Waals surface area (Å²) in [6, 6.07) is 0. The molecule has 0 aromatic rings. The van der Waals surface area contributed by atoms with Crippen LogP contribution in [-0.4, -0.2) is 43.0 Å². The first-order valence-corrected chi connectivity index (χ1v) is 5.53. The lowest BCUT2D eigenvalue weighted by molar-refractivity contribution is -0.129. The van der Waals surface area contributed by atoms with Gasteiger partial charge < -0.3 is 11.1 Å². The number of nitrogens with one attached hydrogen (secondary N) is 1. The van der Waals surface area contributed by atoms with Gasteiger partial charge in [0.15, 0.2) is 0 Å². The molecular formula is C11H23N3O. The Morgan fingerprint density at radius 3 is 2.67 bits per heavy atom. The zero-order valence-electron chi connectivity index (χ0n) is 10.3. The maximum atomic E-state index is 11.7. The van der Waals surface area contributed by atoms with Crippen LogP contribution in [-0.2, 0) is 4.79 Å². The standard InChI is InChI=1S/C11H23N3O/c1-10(2,7-12)14-6-5-11(3,8-14)9(15)13-4/h5-8,12H2,1-4H3,(H,13,15). The lowest BCUT2D eigenvalue weighted by atomic mass is 9.88. The van der Waals surface area contributed by atoms with Crippen LogP contribution in [0, 0.1) is 5.41 Å². The molecule has 1 unspecified atom stereocenters. The Hall–Kier alpha value is -0.610. The summed E-state index contributed by atoms with van der Waals surface area (Å²) in [5.74, 6) is 0.137. The number of hydrogen-bond acceptors (Lipinski definition) is 3. The zero-order valence-corrected chi connectivity index (χ0v) is 10.3. The van der Waals surface area contributed by atoms with Crippen LogP contribution in [0.2, 0.25) is 0 Å². The van der Waals surface area contributed by atoms with E-state index in [9.17, 15) is 4.79 Å². The first-order chi connectivity index (χ1) is 6.85. The number of carbonyl (C=O) groups excluding carboxylic acids is 1. The second kappa shape index (κ2) is 4.10. The molecule has 4 heteroatoms. The van der Waals surface area contributed by atoms with E-state index >= 15 is 0 Å². The second-order valence-corrected chi connectivity index (χ2v) is 5.33. The molecule has 1 fully saturated rings. The Labute approximate surface area is 92.2 Å². The minimum atomic E-state index is -0.249. The fourth-order valence-corrected chi connectivity index (χ4v) is 2.09. The Kier molecular flexibility index (Phi) is 3.41. The van der Waals surface area contributed by atoms with Gasteiger partial charge in [0, 0.05) is 25.7 Å². The summed E-state index contributed by atoms with van der Waals surface area (Å²) in [7, 11) is 1.70. The van der Waals surface area contributed by atoms with E-state index in [1.54, 1.807) is 7.05 Å². The molecule has 4 nitrogen and oxygen atoms in total. The van der Waals surface area contributed by atoms with Crippen molar-refractivity contribution in [2.24, 2.45) is 11.1 Å². The average molecular weight is 213 g/mol. The highest BCUT2D eigenvalue weighted by Gasteiger charge is 2.43. The quantitative estimate of drug-likeness (QED) is 0.703. The summed E-state index contributed by atoms with van der Waals surface area (Å²) in [6.07, 6.45) is 0.913. The topological polar surface area (TPSA) is 58.4 Å². The molecule has 88 valence electrons. The molecule has 1 atom stereocenters. The van der Waals surface area contributed by atoms with Crippen molar-refractivity contribution in [3.8, 4) is 0 Å². The Bertz CT molecular complexity index is 252. The van der Waals surface area contributed by atoms with Gasteiger partial charge in [0.1, 0.15) is 0 Å². The summed E-state index contributed by atoms with van der Waals surface area (Å²) in [6.45, 7) is 8.66. The van der Waals surface area contributed by atoms with Gasteiger partial charge in [-0.25, -0.2) is 0 Å². The predicted molar refractivity (Wildman–Crippen MR) is 61.5 cm³/mol. The molecule has 1 saturated heterocycles. The number of nitrogens with two attached hydrogens (primary N) is 1. The molecule has 15 heavy (non-hydrogen) atoms. The third-order valence-electron chi connectivity index (χ3n) is 3.60. The van der Waals surface area contributed by atoms with Crippen LogP contribution in [0.4, 0.5) is 0 Å². The van der Waals surface area contributed by atoms with Gasteiger partial charge in [-0.05, 0) is 33.7 Å². The van der Waals surface area contributed by atoms with Crippen molar-refractivity contribution in [2.75, 3.05) is 26.7 Å². The van der Waals surface area contributed by atoms with Crippen molar-refractivity contribution in [3.05, 3.63) is 0 Å². The molecule has 0 spiro atoms. The molecule has 1 rings (SSSR count). The van der Waals surface area contributed by atoms with Crippen LogP contribution in [0.15, 0.2) is 0 Å². The maximum Gasteiger partial charge on any atom is 0.227 e. The molecule has 1 amide bonds. The van der Waals surface area contributed by atoms with Gasteiger partial charge in [-0.3, -0.25) is 9.69 Å². The van der Waals surface area contributed by atoms with Crippen molar-refractivity contribution in [3.63, 3.8) is 0 Å². The van der Waals surface area contributed by atoms with Gasteiger partial charge in [0.2, 0.25) is 5.91 Å². The summed E-state index contributed by atoms with van der Waals surface area (Å²) in [5.41, 5.74) is 5.48. The fraction of sp³-hybridized carbons (Fsp3) is 0.909. The maximum absolute atomic E-state index is 11.7. The van der Waals surface area contributed by atoms with E-state index in [4.69, 9.17) is 5.73 Å². The first kappa shape index (κ1) is 12.5. The Morgan fingerprint density at radius 2 is 2.20 bits per heavy atom. The van der Waals surface area contributed by atoms with Crippen LogP contribution >= 0.6 is 0 Å². The van der Waals surface area contributed by atoms with Crippen molar-refractivity contribution >= 4 is 5.91 Å². The zero-order chi connectivity index (χ0) is 11.7. The van der Waals surface area contributed by atoms with Crippen LogP contribution in [0.3, 0.4) is 0 Å². The van der Waals surface area contributed by atoms with Crippen molar-refractivity contribution < 1.29 is 4.79 Å². The number of nitrogens with zero attached hydrogens (tertiary/aromatic N) is 1. The molecule has 1 aliphatic rings. The Balaban J connectivity index is 2.70. The first-order valence-electron chi connectivity index (χ1n) is 5.53. The number of amides is 1. The monoisotopic (exact) mass is 213 g/mol. The minimum Gasteiger partial charge on any atom is -0.359 e. The molecule has 0 radical (unpaired) electrons. The predicted octanol–water partition coefficient (Wildman–Crippen LogP) is 0.182. The molecule has 0 aromatic heterocycles. The van der Waals surface area contributed by atoms with E-state index in [0.29, 0.717) is 6.54 Å². The molecule has 1 heterocycles. The second-order valence-electron chi connectivity index (χ2n) is 5.33. The van der Waals surface area contributed by atoms with E-state index in [1.165, 1.54) is 0 Å². The van der Waals surface area contributed by atoms with E-state index < -0.39 is 0 Å². The van der Waals surface area contributed by atoms with E-state index in [2.05, 4.69) is 24.1 Å². The fourth-order valence-electron chi connectivity index (χ4n) is 2.09. The molecule has 1 aliphatic heterocycles. The van der Waals surface area contributed by atoms with Crippen LogP contribution in [0.25, 0.3) is 0 Å². The SMILES string of the molecule is CNC(=O)C1(C)CCN(C(C)(C)CN)C1. The molecular weight excluding hydrogens is 190 g/mol. The summed E-state index contributed by atoms with van der Waals surface area (Å²) in [5, 5.41) is 2.74. The summed E-state index contributed by atoms with van der Waals surface area (Å²) >= 11 is 0. The lowest BCUT2D eigenvalue weighted by Gasteiger charge is -2.35. The van der Waals surface area contributed by atoms with E-state index in [0.717, 1.165) is 19.5 Å². The minimum absolute atomic E-state index is 0.00815. The van der Waals surface area contributed by atoms with Crippen LogP contribution in [0.1, 0.15) is 27.2 Å². The Morgan fingerprint density at radius 1 is 1.60 bits per heavy atom.